The van der Waals surface area contributed by atoms with E-state index in [2.05, 4.69) is 25.5 Å². The molecule has 0 unspecified atom stereocenters. The molecular formula is C20H37N5O2. The number of nitrogens with zero attached hydrogens (tertiary/aromatic N) is 3. The van der Waals surface area contributed by atoms with Gasteiger partial charge in [-0.2, -0.15) is 0 Å². The van der Waals surface area contributed by atoms with Crippen molar-refractivity contribution in [3.8, 4) is 0 Å². The molecule has 1 aromatic rings. The zero-order chi connectivity index (χ0) is 19.5. The summed E-state index contributed by atoms with van der Waals surface area (Å²) in [4.78, 5) is 11.3. The number of hydrogen-bond acceptors (Lipinski definition) is 5. The molecule has 0 aromatic carbocycles. The van der Waals surface area contributed by atoms with Crippen molar-refractivity contribution in [2.24, 2.45) is 10.9 Å². The number of hydrogen-bond donors (Lipinski definition) is 2. The van der Waals surface area contributed by atoms with Gasteiger partial charge in [-0.3, -0.25) is 9.89 Å². The highest BCUT2D eigenvalue weighted by molar-refractivity contribution is 5.79. The quantitative estimate of drug-likeness (QED) is 0.370. The van der Waals surface area contributed by atoms with Crippen LogP contribution >= 0.6 is 0 Å². The molecule has 1 aromatic heterocycles. The van der Waals surface area contributed by atoms with Crippen LogP contribution in [0.3, 0.4) is 0 Å². The zero-order valence-corrected chi connectivity index (χ0v) is 17.5. The molecule has 2 rings (SSSR count). The highest BCUT2D eigenvalue weighted by atomic mass is 16.5. The number of ether oxygens (including phenoxy) is 1. The smallest absolute Gasteiger partial charge is 0.208 e. The predicted octanol–water partition coefficient (Wildman–Crippen LogP) is 2.49. The van der Waals surface area contributed by atoms with Gasteiger partial charge in [0.2, 0.25) is 5.89 Å². The van der Waals surface area contributed by atoms with E-state index in [9.17, 15) is 0 Å². The number of nitrogens with one attached hydrogen (secondary N) is 2. The summed E-state index contributed by atoms with van der Waals surface area (Å²) < 4.78 is 11.1. The number of oxazole rings is 1. The Kier molecular flexibility index (Phi) is 9.62. The van der Waals surface area contributed by atoms with Crippen LogP contribution in [0.4, 0.5) is 0 Å². The second kappa shape index (κ2) is 12.0. The molecule has 1 saturated heterocycles. The monoisotopic (exact) mass is 379 g/mol. The zero-order valence-electron chi connectivity index (χ0n) is 17.5. The fourth-order valence-electron chi connectivity index (χ4n) is 3.29. The van der Waals surface area contributed by atoms with Crippen molar-refractivity contribution >= 4 is 5.96 Å². The first-order valence-electron chi connectivity index (χ1n) is 10.3. The van der Waals surface area contributed by atoms with Crippen molar-refractivity contribution in [2.75, 3.05) is 46.4 Å². The van der Waals surface area contributed by atoms with Gasteiger partial charge in [-0.1, -0.05) is 0 Å². The lowest BCUT2D eigenvalue weighted by molar-refractivity contribution is 0.143. The molecule has 154 valence electrons. The maximum absolute atomic E-state index is 5.71. The van der Waals surface area contributed by atoms with Crippen LogP contribution in [0.5, 0.6) is 0 Å². The van der Waals surface area contributed by atoms with E-state index < -0.39 is 0 Å². The van der Waals surface area contributed by atoms with Crippen LogP contribution in [0.1, 0.15) is 50.0 Å². The number of rotatable bonds is 10. The van der Waals surface area contributed by atoms with Crippen LogP contribution in [0.15, 0.2) is 9.41 Å². The standard InChI is InChI=1S/C20H37N5O2/c1-5-26-13-7-6-10-22-20(21-4)23-14-18-8-11-25(12-9-18)15-19-24-16(2)17(3)27-19/h18H,5-15H2,1-4H3,(H2,21,22,23). The fraction of sp³-hybridized carbons (Fsp3) is 0.800. The van der Waals surface area contributed by atoms with Crippen LogP contribution in [0.2, 0.25) is 0 Å². The van der Waals surface area contributed by atoms with Gasteiger partial charge in [0.05, 0.1) is 12.2 Å². The fourth-order valence-corrected chi connectivity index (χ4v) is 3.29. The van der Waals surface area contributed by atoms with Gasteiger partial charge in [-0.15, -0.1) is 0 Å². The summed E-state index contributed by atoms with van der Waals surface area (Å²) in [7, 11) is 1.83. The highest BCUT2D eigenvalue weighted by Gasteiger charge is 2.21. The van der Waals surface area contributed by atoms with Crippen molar-refractivity contribution in [1.82, 2.24) is 20.5 Å². The Morgan fingerprint density at radius 3 is 2.67 bits per heavy atom. The molecule has 0 spiro atoms. The maximum Gasteiger partial charge on any atom is 0.208 e. The van der Waals surface area contributed by atoms with E-state index in [1.807, 2.05) is 27.8 Å². The van der Waals surface area contributed by atoms with E-state index in [1.165, 1.54) is 12.8 Å². The molecule has 0 atom stereocenters. The van der Waals surface area contributed by atoms with Gasteiger partial charge in [0, 0.05) is 33.4 Å². The average molecular weight is 380 g/mol. The third-order valence-electron chi connectivity index (χ3n) is 5.13. The first kappa shape index (κ1) is 21.7. The van der Waals surface area contributed by atoms with E-state index in [4.69, 9.17) is 9.15 Å². The van der Waals surface area contributed by atoms with E-state index in [0.29, 0.717) is 5.92 Å². The molecule has 1 aliphatic rings. The third-order valence-corrected chi connectivity index (χ3v) is 5.13. The van der Waals surface area contributed by atoms with Gasteiger partial charge in [0.15, 0.2) is 5.96 Å². The van der Waals surface area contributed by atoms with Crippen molar-refractivity contribution in [2.45, 2.75) is 53.0 Å². The number of piperidine rings is 1. The summed E-state index contributed by atoms with van der Waals surface area (Å²) >= 11 is 0. The number of aliphatic imine (C=N–C) groups is 1. The Morgan fingerprint density at radius 1 is 1.26 bits per heavy atom. The molecule has 2 heterocycles. The van der Waals surface area contributed by atoms with Gasteiger partial charge in [-0.25, -0.2) is 4.98 Å². The van der Waals surface area contributed by atoms with E-state index in [1.54, 1.807) is 0 Å². The number of likely N-dealkylation sites (tertiary alicyclic amines) is 1. The van der Waals surface area contributed by atoms with Crippen LogP contribution in [-0.4, -0.2) is 62.3 Å². The summed E-state index contributed by atoms with van der Waals surface area (Å²) in [6.07, 6.45) is 4.56. The van der Waals surface area contributed by atoms with Crippen molar-refractivity contribution in [1.29, 1.82) is 0 Å². The molecule has 2 N–H and O–H groups in total. The Bertz CT molecular complexity index is 545. The average Bonchev–Trinajstić information content (AvgIpc) is 2.99. The molecule has 27 heavy (non-hydrogen) atoms. The van der Waals surface area contributed by atoms with Crippen LogP contribution in [-0.2, 0) is 11.3 Å². The Balaban J connectivity index is 1.59. The first-order valence-corrected chi connectivity index (χ1v) is 10.3. The molecule has 1 aliphatic heterocycles. The second-order valence-electron chi connectivity index (χ2n) is 7.25. The summed E-state index contributed by atoms with van der Waals surface area (Å²) in [5, 5.41) is 6.86. The number of guanidine groups is 1. The predicted molar refractivity (Wildman–Crippen MR) is 109 cm³/mol. The van der Waals surface area contributed by atoms with Crippen LogP contribution < -0.4 is 10.6 Å². The molecule has 0 amide bonds. The van der Waals surface area contributed by atoms with Crippen LogP contribution in [0, 0.1) is 19.8 Å². The van der Waals surface area contributed by atoms with Crippen molar-refractivity contribution < 1.29 is 9.15 Å². The molecule has 7 nitrogen and oxygen atoms in total. The SMILES string of the molecule is CCOCCCCNC(=NC)NCC1CCN(Cc2nc(C)c(C)o2)CC1. The Hall–Kier alpha value is -1.60. The third kappa shape index (κ3) is 7.89. The molecule has 0 saturated carbocycles. The maximum atomic E-state index is 5.71. The van der Waals surface area contributed by atoms with E-state index in [-0.39, 0.29) is 0 Å². The van der Waals surface area contributed by atoms with Gasteiger partial charge < -0.3 is 19.8 Å². The molecule has 7 heteroatoms. The summed E-state index contributed by atoms with van der Waals surface area (Å²) in [5.41, 5.74) is 1.00. The van der Waals surface area contributed by atoms with Gasteiger partial charge in [0.25, 0.3) is 0 Å². The number of aromatic nitrogens is 1. The molecule has 1 fully saturated rings. The normalized spacial score (nSPS) is 16.7. The van der Waals surface area contributed by atoms with Crippen molar-refractivity contribution in [3.63, 3.8) is 0 Å². The number of aryl methyl sites for hydroxylation is 2. The van der Waals surface area contributed by atoms with Gasteiger partial charge in [0.1, 0.15) is 5.76 Å². The lowest BCUT2D eigenvalue weighted by Crippen LogP contribution is -2.43. The summed E-state index contributed by atoms with van der Waals surface area (Å²) in [6.45, 7) is 12.6. The minimum Gasteiger partial charge on any atom is -0.444 e. The number of unbranched alkanes of at least 4 members (excludes halogenated alkanes) is 1. The first-order chi connectivity index (χ1) is 13.1. The highest BCUT2D eigenvalue weighted by Crippen LogP contribution is 2.19. The largest absolute Gasteiger partial charge is 0.444 e. The minimum absolute atomic E-state index is 0.686. The van der Waals surface area contributed by atoms with Crippen molar-refractivity contribution in [3.05, 3.63) is 17.3 Å². The minimum atomic E-state index is 0.686. The summed E-state index contributed by atoms with van der Waals surface area (Å²) in [6, 6.07) is 0. The van der Waals surface area contributed by atoms with Crippen LogP contribution in [0.25, 0.3) is 0 Å². The Labute approximate surface area is 164 Å². The summed E-state index contributed by atoms with van der Waals surface area (Å²) in [5.74, 6) is 3.36. The van der Waals surface area contributed by atoms with E-state index >= 15 is 0 Å². The van der Waals surface area contributed by atoms with E-state index in [0.717, 1.165) is 82.1 Å². The lowest BCUT2D eigenvalue weighted by Gasteiger charge is -2.31. The van der Waals surface area contributed by atoms with Gasteiger partial charge in [-0.05, 0) is 65.5 Å². The molecule has 0 radical (unpaired) electrons. The topological polar surface area (TPSA) is 74.9 Å². The second-order valence-corrected chi connectivity index (χ2v) is 7.25. The molecule has 0 bridgehead atoms. The molecular weight excluding hydrogens is 342 g/mol. The Morgan fingerprint density at radius 2 is 2.04 bits per heavy atom. The molecule has 0 aliphatic carbocycles. The van der Waals surface area contributed by atoms with Gasteiger partial charge >= 0.3 is 0 Å². The lowest BCUT2D eigenvalue weighted by atomic mass is 9.97.